The van der Waals surface area contributed by atoms with Crippen LogP contribution in [0.2, 0.25) is 10.0 Å². The molecule has 1 heterocycles. The van der Waals surface area contributed by atoms with Crippen molar-refractivity contribution in [3.8, 4) is 28.1 Å². The van der Waals surface area contributed by atoms with Gasteiger partial charge in [0.25, 0.3) is 0 Å². The zero-order valence-corrected chi connectivity index (χ0v) is 19.2. The van der Waals surface area contributed by atoms with Crippen LogP contribution in [0, 0.1) is 0 Å². The topological polar surface area (TPSA) is 64.4 Å². The average Bonchev–Trinajstić information content (AvgIpc) is 3.17. The first-order chi connectivity index (χ1) is 15.9. The number of rotatable bonds is 7. The Balaban J connectivity index is 1.46. The van der Waals surface area contributed by atoms with Gasteiger partial charge in [-0.2, -0.15) is 0 Å². The summed E-state index contributed by atoms with van der Waals surface area (Å²) in [4.78, 5) is 15.3. The molecule has 0 atom stereocenters. The third-order valence-corrected chi connectivity index (χ3v) is 5.55. The maximum atomic E-state index is 10.6. The number of halogens is 2. The van der Waals surface area contributed by atoms with Gasteiger partial charge in [-0.25, -0.2) is 9.78 Å². The Hall–Kier alpha value is -3.54. The van der Waals surface area contributed by atoms with Gasteiger partial charge in [-0.05, 0) is 53.1 Å². The Morgan fingerprint density at radius 3 is 2.30 bits per heavy atom. The molecule has 5 nitrogen and oxygen atoms in total. The van der Waals surface area contributed by atoms with Crippen molar-refractivity contribution in [3.05, 3.63) is 94.4 Å². The van der Waals surface area contributed by atoms with Crippen LogP contribution in [0.5, 0.6) is 5.75 Å². The van der Waals surface area contributed by atoms with E-state index in [4.69, 9.17) is 33.0 Å². The summed E-state index contributed by atoms with van der Waals surface area (Å²) in [6.07, 6.45) is 5.89. The predicted octanol–water partition coefficient (Wildman–Crippen LogP) is 6.69. The minimum absolute atomic E-state index is 0.357. The molecule has 3 aromatic carbocycles. The molecule has 0 unspecified atom stereocenters. The van der Waals surface area contributed by atoms with Gasteiger partial charge in [-0.1, -0.05) is 65.7 Å². The van der Waals surface area contributed by atoms with Gasteiger partial charge in [0.2, 0.25) is 0 Å². The van der Waals surface area contributed by atoms with Crippen LogP contribution in [0.15, 0.2) is 72.9 Å². The van der Waals surface area contributed by atoms with E-state index in [1.807, 2.05) is 72.4 Å². The fourth-order valence-corrected chi connectivity index (χ4v) is 3.81. The third kappa shape index (κ3) is 5.64. The lowest BCUT2D eigenvalue weighted by atomic mass is 10.0. The number of carbonyl (C=O) groups is 1. The predicted molar refractivity (Wildman–Crippen MR) is 133 cm³/mol. The summed E-state index contributed by atoms with van der Waals surface area (Å²) in [5.41, 5.74) is 4.72. The minimum atomic E-state index is -1.00. The van der Waals surface area contributed by atoms with Crippen LogP contribution in [-0.2, 0) is 11.8 Å². The van der Waals surface area contributed by atoms with Crippen LogP contribution in [0.25, 0.3) is 34.5 Å². The molecule has 0 aliphatic heterocycles. The SMILES string of the molecule is Cn1cc(-c2ccc(Cl)cc2Cl)nc1C=Cc1ccc(-c2ccc(OCC(=O)O)cc2)cc1. The van der Waals surface area contributed by atoms with Gasteiger partial charge in [0.15, 0.2) is 6.61 Å². The van der Waals surface area contributed by atoms with Crippen LogP contribution < -0.4 is 4.74 Å². The number of carboxylic acids is 1. The van der Waals surface area contributed by atoms with Gasteiger partial charge in [-0.3, -0.25) is 0 Å². The van der Waals surface area contributed by atoms with Crippen molar-refractivity contribution in [1.29, 1.82) is 0 Å². The number of aromatic nitrogens is 2. The number of ether oxygens (including phenoxy) is 1. The Bertz CT molecular complexity index is 1310. The molecule has 0 radical (unpaired) electrons. The van der Waals surface area contributed by atoms with Crippen molar-refractivity contribution in [2.45, 2.75) is 0 Å². The van der Waals surface area contributed by atoms with Gasteiger partial charge < -0.3 is 14.4 Å². The molecule has 0 spiro atoms. The monoisotopic (exact) mass is 478 g/mol. The molecule has 1 aromatic heterocycles. The van der Waals surface area contributed by atoms with E-state index in [1.165, 1.54) is 0 Å². The van der Waals surface area contributed by atoms with Crippen molar-refractivity contribution in [2.24, 2.45) is 7.05 Å². The van der Waals surface area contributed by atoms with E-state index in [1.54, 1.807) is 24.3 Å². The van der Waals surface area contributed by atoms with Crippen molar-refractivity contribution >= 4 is 41.3 Å². The largest absolute Gasteiger partial charge is 0.482 e. The van der Waals surface area contributed by atoms with Crippen molar-refractivity contribution in [3.63, 3.8) is 0 Å². The first kappa shape index (κ1) is 22.6. The molecule has 0 saturated heterocycles. The minimum Gasteiger partial charge on any atom is -0.482 e. The first-order valence-electron chi connectivity index (χ1n) is 10.1. The standard InChI is InChI=1S/C26H20Cl2N2O3/c1-30-15-24(22-12-9-20(27)14-23(22)28)29-25(30)13-4-17-2-5-18(6-3-17)19-7-10-21(11-8-19)33-16-26(31)32/h2-15H,16H2,1H3,(H,31,32). The molecule has 33 heavy (non-hydrogen) atoms. The quantitative estimate of drug-likeness (QED) is 0.321. The number of hydrogen-bond donors (Lipinski definition) is 1. The van der Waals surface area contributed by atoms with E-state index in [2.05, 4.69) is 4.98 Å². The molecule has 0 fully saturated rings. The number of aliphatic carboxylic acids is 1. The van der Waals surface area contributed by atoms with Crippen LogP contribution >= 0.6 is 23.2 Å². The molecular formula is C26H20Cl2N2O3. The van der Waals surface area contributed by atoms with E-state index in [0.29, 0.717) is 15.8 Å². The van der Waals surface area contributed by atoms with Gasteiger partial charge in [0.05, 0.1) is 10.7 Å². The summed E-state index contributed by atoms with van der Waals surface area (Å²) in [6.45, 7) is -0.357. The molecule has 0 aliphatic rings. The molecule has 4 rings (SSSR count). The number of nitrogens with zero attached hydrogens (tertiary/aromatic N) is 2. The zero-order chi connectivity index (χ0) is 23.4. The number of aryl methyl sites for hydroxylation is 1. The van der Waals surface area contributed by atoms with Crippen LogP contribution in [0.4, 0.5) is 0 Å². The summed E-state index contributed by atoms with van der Waals surface area (Å²) in [5, 5.41) is 9.84. The summed E-state index contributed by atoms with van der Waals surface area (Å²) in [7, 11) is 1.94. The average molecular weight is 479 g/mol. The van der Waals surface area contributed by atoms with Crippen LogP contribution in [0.3, 0.4) is 0 Å². The smallest absolute Gasteiger partial charge is 0.341 e. The van der Waals surface area contributed by atoms with Crippen molar-refractivity contribution in [2.75, 3.05) is 6.61 Å². The Morgan fingerprint density at radius 2 is 1.67 bits per heavy atom. The van der Waals surface area contributed by atoms with E-state index < -0.39 is 5.97 Å². The lowest BCUT2D eigenvalue weighted by Crippen LogP contribution is -2.09. The lowest BCUT2D eigenvalue weighted by Gasteiger charge is -2.06. The molecule has 1 N–H and O–H groups in total. The molecule has 0 saturated carbocycles. The summed E-state index contributed by atoms with van der Waals surface area (Å²) < 4.78 is 7.12. The number of hydrogen-bond acceptors (Lipinski definition) is 3. The van der Waals surface area contributed by atoms with Gasteiger partial charge in [0, 0.05) is 23.8 Å². The van der Waals surface area contributed by atoms with E-state index in [9.17, 15) is 4.79 Å². The van der Waals surface area contributed by atoms with Crippen LogP contribution in [0.1, 0.15) is 11.4 Å². The Morgan fingerprint density at radius 1 is 1.00 bits per heavy atom. The fourth-order valence-electron chi connectivity index (χ4n) is 3.31. The second-order valence-corrected chi connectivity index (χ2v) is 8.23. The van der Waals surface area contributed by atoms with Crippen LogP contribution in [-0.4, -0.2) is 27.2 Å². The highest BCUT2D eigenvalue weighted by Crippen LogP contribution is 2.30. The van der Waals surface area contributed by atoms with Crippen molar-refractivity contribution < 1.29 is 14.6 Å². The normalized spacial score (nSPS) is 11.1. The van der Waals surface area contributed by atoms with E-state index in [-0.39, 0.29) is 6.61 Å². The van der Waals surface area contributed by atoms with Gasteiger partial charge in [-0.15, -0.1) is 0 Å². The molecule has 0 aliphatic carbocycles. The highest BCUT2D eigenvalue weighted by molar-refractivity contribution is 6.36. The maximum absolute atomic E-state index is 10.6. The van der Waals surface area contributed by atoms with E-state index in [0.717, 1.165) is 33.8 Å². The molecule has 4 aromatic rings. The zero-order valence-electron chi connectivity index (χ0n) is 17.7. The summed E-state index contributed by atoms with van der Waals surface area (Å²) in [5.74, 6) is 0.324. The molecule has 0 amide bonds. The Labute approximate surface area is 201 Å². The van der Waals surface area contributed by atoms with E-state index >= 15 is 0 Å². The lowest BCUT2D eigenvalue weighted by molar-refractivity contribution is -0.139. The summed E-state index contributed by atoms with van der Waals surface area (Å²) in [6, 6.07) is 20.8. The third-order valence-electron chi connectivity index (χ3n) is 5.00. The fraction of sp³-hybridized carbons (Fsp3) is 0.0769. The van der Waals surface area contributed by atoms with Crippen molar-refractivity contribution in [1.82, 2.24) is 9.55 Å². The first-order valence-corrected chi connectivity index (χ1v) is 10.9. The second kappa shape index (κ2) is 9.94. The molecule has 0 bridgehead atoms. The highest BCUT2D eigenvalue weighted by atomic mass is 35.5. The summed E-state index contributed by atoms with van der Waals surface area (Å²) >= 11 is 12.3. The number of imidazole rings is 1. The van der Waals surface area contributed by atoms with Gasteiger partial charge in [0.1, 0.15) is 11.6 Å². The maximum Gasteiger partial charge on any atom is 0.341 e. The molecular weight excluding hydrogens is 459 g/mol. The Kier molecular flexibility index (Phi) is 6.82. The highest BCUT2D eigenvalue weighted by Gasteiger charge is 2.09. The molecule has 166 valence electrons. The van der Waals surface area contributed by atoms with Gasteiger partial charge >= 0.3 is 5.97 Å². The number of benzene rings is 3. The number of carboxylic acid groups (broad SMARTS) is 1. The second-order valence-electron chi connectivity index (χ2n) is 7.38. The molecule has 7 heteroatoms.